The van der Waals surface area contributed by atoms with Crippen LogP contribution in [0.5, 0.6) is 0 Å². The number of amides is 1. The molecule has 0 bridgehead atoms. The van der Waals surface area contributed by atoms with E-state index in [9.17, 15) is 4.79 Å². The summed E-state index contributed by atoms with van der Waals surface area (Å²) in [4.78, 5) is 13.1. The minimum atomic E-state index is 0.0109. The standard InChI is InChI=1S/C16H20N2OS/c1-3-13-7-4-5-8-14(13)17-11-16(19)18-12(2)15-9-6-10-20-15/h4-10,12,17H,3,11H2,1-2H3,(H,18,19). The first kappa shape index (κ1) is 14.6. The van der Waals surface area contributed by atoms with Crippen LogP contribution in [-0.4, -0.2) is 12.5 Å². The highest BCUT2D eigenvalue weighted by Gasteiger charge is 2.10. The Morgan fingerprint density at radius 2 is 2.05 bits per heavy atom. The van der Waals surface area contributed by atoms with Crippen LogP contribution >= 0.6 is 11.3 Å². The van der Waals surface area contributed by atoms with Gasteiger partial charge in [-0.1, -0.05) is 31.2 Å². The summed E-state index contributed by atoms with van der Waals surface area (Å²) < 4.78 is 0. The second kappa shape index (κ2) is 7.10. The van der Waals surface area contributed by atoms with E-state index in [1.54, 1.807) is 11.3 Å². The summed E-state index contributed by atoms with van der Waals surface area (Å²) in [6.07, 6.45) is 0.955. The first-order valence-corrected chi connectivity index (χ1v) is 7.73. The summed E-state index contributed by atoms with van der Waals surface area (Å²) >= 11 is 1.66. The maximum Gasteiger partial charge on any atom is 0.239 e. The number of aryl methyl sites for hydroxylation is 1. The number of hydrogen-bond acceptors (Lipinski definition) is 3. The molecule has 0 saturated heterocycles. The van der Waals surface area contributed by atoms with Gasteiger partial charge in [0.15, 0.2) is 0 Å². The number of hydrogen-bond donors (Lipinski definition) is 2. The molecule has 2 rings (SSSR count). The van der Waals surface area contributed by atoms with E-state index in [0.717, 1.165) is 12.1 Å². The predicted octanol–water partition coefficient (Wildman–Crippen LogP) is 3.60. The van der Waals surface area contributed by atoms with Gasteiger partial charge in [-0.05, 0) is 36.4 Å². The fourth-order valence-electron chi connectivity index (χ4n) is 2.08. The summed E-state index contributed by atoms with van der Waals surface area (Å²) in [7, 11) is 0. The Morgan fingerprint density at radius 1 is 1.25 bits per heavy atom. The molecule has 2 aromatic rings. The Hall–Kier alpha value is -1.81. The minimum Gasteiger partial charge on any atom is -0.376 e. The van der Waals surface area contributed by atoms with Crippen molar-refractivity contribution in [2.75, 3.05) is 11.9 Å². The highest BCUT2D eigenvalue weighted by atomic mass is 32.1. The van der Waals surface area contributed by atoms with Crippen LogP contribution in [-0.2, 0) is 11.2 Å². The molecule has 2 N–H and O–H groups in total. The Bertz CT molecular complexity index is 551. The number of anilines is 1. The van der Waals surface area contributed by atoms with Crippen LogP contribution in [0, 0.1) is 0 Å². The van der Waals surface area contributed by atoms with Gasteiger partial charge in [-0.2, -0.15) is 0 Å². The first-order valence-electron chi connectivity index (χ1n) is 6.85. The Kier molecular flexibility index (Phi) is 5.18. The highest BCUT2D eigenvalue weighted by molar-refractivity contribution is 7.10. The van der Waals surface area contributed by atoms with E-state index in [1.807, 2.05) is 42.6 Å². The molecule has 1 unspecified atom stereocenters. The summed E-state index contributed by atoms with van der Waals surface area (Å²) in [6, 6.07) is 12.2. The number of rotatable bonds is 6. The molecule has 0 radical (unpaired) electrons. The van der Waals surface area contributed by atoms with Gasteiger partial charge in [-0.3, -0.25) is 4.79 Å². The Balaban J connectivity index is 1.86. The molecule has 1 amide bonds. The molecule has 3 nitrogen and oxygen atoms in total. The predicted molar refractivity (Wildman–Crippen MR) is 85.2 cm³/mol. The quantitative estimate of drug-likeness (QED) is 0.852. The molecule has 20 heavy (non-hydrogen) atoms. The van der Waals surface area contributed by atoms with Crippen LogP contribution in [0.4, 0.5) is 5.69 Å². The van der Waals surface area contributed by atoms with Crippen molar-refractivity contribution in [1.29, 1.82) is 0 Å². The number of carbonyl (C=O) groups excluding carboxylic acids is 1. The number of benzene rings is 1. The molecule has 0 fully saturated rings. The zero-order chi connectivity index (χ0) is 14.4. The van der Waals surface area contributed by atoms with Gasteiger partial charge in [-0.25, -0.2) is 0 Å². The van der Waals surface area contributed by atoms with Crippen LogP contribution in [0.1, 0.15) is 30.3 Å². The van der Waals surface area contributed by atoms with Crippen LogP contribution in [0.3, 0.4) is 0 Å². The van der Waals surface area contributed by atoms with E-state index >= 15 is 0 Å². The van der Waals surface area contributed by atoms with Gasteiger partial charge in [0, 0.05) is 10.6 Å². The molecule has 1 aromatic carbocycles. The maximum absolute atomic E-state index is 12.0. The molecule has 1 atom stereocenters. The minimum absolute atomic E-state index is 0.0109. The maximum atomic E-state index is 12.0. The molecular weight excluding hydrogens is 268 g/mol. The van der Waals surface area contributed by atoms with Gasteiger partial charge >= 0.3 is 0 Å². The van der Waals surface area contributed by atoms with Gasteiger partial charge in [0.1, 0.15) is 0 Å². The van der Waals surface area contributed by atoms with E-state index in [-0.39, 0.29) is 11.9 Å². The van der Waals surface area contributed by atoms with Crippen LogP contribution in [0.2, 0.25) is 0 Å². The van der Waals surface area contributed by atoms with E-state index in [4.69, 9.17) is 0 Å². The zero-order valence-electron chi connectivity index (χ0n) is 11.8. The molecular formula is C16H20N2OS. The SMILES string of the molecule is CCc1ccccc1NCC(=O)NC(C)c1cccs1. The largest absolute Gasteiger partial charge is 0.376 e. The molecule has 0 aliphatic heterocycles. The molecule has 0 spiro atoms. The highest BCUT2D eigenvalue weighted by Crippen LogP contribution is 2.18. The smallest absolute Gasteiger partial charge is 0.239 e. The summed E-state index contributed by atoms with van der Waals surface area (Å²) in [5, 5.41) is 8.23. The van der Waals surface area contributed by atoms with Crippen molar-refractivity contribution in [2.24, 2.45) is 0 Å². The van der Waals surface area contributed by atoms with Crippen molar-refractivity contribution >= 4 is 22.9 Å². The third-order valence-electron chi connectivity index (χ3n) is 3.19. The van der Waals surface area contributed by atoms with Crippen molar-refractivity contribution in [2.45, 2.75) is 26.3 Å². The van der Waals surface area contributed by atoms with Crippen LogP contribution < -0.4 is 10.6 Å². The number of carbonyl (C=O) groups is 1. The van der Waals surface area contributed by atoms with Crippen molar-refractivity contribution in [3.63, 3.8) is 0 Å². The third kappa shape index (κ3) is 3.84. The van der Waals surface area contributed by atoms with Gasteiger partial charge < -0.3 is 10.6 Å². The van der Waals surface area contributed by atoms with E-state index < -0.39 is 0 Å². The second-order valence-corrected chi connectivity index (χ2v) is 5.65. The summed E-state index contributed by atoms with van der Waals surface area (Å²) in [5.74, 6) is 0.0109. The second-order valence-electron chi connectivity index (χ2n) is 4.67. The topological polar surface area (TPSA) is 41.1 Å². The molecule has 0 saturated carbocycles. The monoisotopic (exact) mass is 288 g/mol. The number of thiophene rings is 1. The lowest BCUT2D eigenvalue weighted by molar-refractivity contribution is -0.120. The molecule has 1 heterocycles. The van der Waals surface area contributed by atoms with Crippen molar-refractivity contribution < 1.29 is 4.79 Å². The molecule has 1 aromatic heterocycles. The van der Waals surface area contributed by atoms with Crippen molar-refractivity contribution in [3.05, 3.63) is 52.2 Å². The first-order chi connectivity index (χ1) is 9.70. The summed E-state index contributed by atoms with van der Waals surface area (Å²) in [6.45, 7) is 4.41. The lowest BCUT2D eigenvalue weighted by atomic mass is 10.1. The number of para-hydroxylation sites is 1. The average Bonchev–Trinajstić information content (AvgIpc) is 2.99. The van der Waals surface area contributed by atoms with Crippen LogP contribution in [0.15, 0.2) is 41.8 Å². The van der Waals surface area contributed by atoms with Gasteiger partial charge in [0.05, 0.1) is 12.6 Å². The third-order valence-corrected chi connectivity index (χ3v) is 4.24. The number of nitrogens with one attached hydrogen (secondary N) is 2. The summed E-state index contributed by atoms with van der Waals surface area (Å²) in [5.41, 5.74) is 2.26. The van der Waals surface area contributed by atoms with E-state index in [0.29, 0.717) is 6.54 Å². The van der Waals surface area contributed by atoms with Crippen LogP contribution in [0.25, 0.3) is 0 Å². The van der Waals surface area contributed by atoms with E-state index in [1.165, 1.54) is 10.4 Å². The zero-order valence-corrected chi connectivity index (χ0v) is 12.7. The lowest BCUT2D eigenvalue weighted by Crippen LogP contribution is -2.31. The van der Waals surface area contributed by atoms with E-state index in [2.05, 4.69) is 23.6 Å². The average molecular weight is 288 g/mol. The van der Waals surface area contributed by atoms with Gasteiger partial charge in [0.25, 0.3) is 0 Å². The fraction of sp³-hybridized carbons (Fsp3) is 0.312. The molecule has 0 aliphatic rings. The fourth-order valence-corrected chi connectivity index (χ4v) is 2.81. The molecule has 0 aliphatic carbocycles. The Labute approximate surface area is 124 Å². The Morgan fingerprint density at radius 3 is 2.75 bits per heavy atom. The van der Waals surface area contributed by atoms with Gasteiger partial charge in [-0.15, -0.1) is 11.3 Å². The van der Waals surface area contributed by atoms with Gasteiger partial charge in [0.2, 0.25) is 5.91 Å². The normalized spacial score (nSPS) is 11.9. The molecule has 4 heteroatoms. The van der Waals surface area contributed by atoms with Crippen molar-refractivity contribution in [3.8, 4) is 0 Å². The lowest BCUT2D eigenvalue weighted by Gasteiger charge is -2.14. The van der Waals surface area contributed by atoms with Crippen molar-refractivity contribution in [1.82, 2.24) is 5.32 Å². The molecule has 106 valence electrons.